The molecule has 5 nitrogen and oxygen atoms in total. The lowest BCUT2D eigenvalue weighted by molar-refractivity contribution is 0.0899. The van der Waals surface area contributed by atoms with Gasteiger partial charge in [0.15, 0.2) is 0 Å². The Kier molecular flexibility index (Phi) is 4.64. The predicted octanol–water partition coefficient (Wildman–Crippen LogP) is 1.03. The summed E-state index contributed by atoms with van der Waals surface area (Å²) in [5, 5.41) is 19.4. The average Bonchev–Trinajstić information content (AvgIpc) is 2.76. The summed E-state index contributed by atoms with van der Waals surface area (Å²) < 4.78 is 7.58. The Morgan fingerprint density at radius 1 is 1.30 bits per heavy atom. The number of pyridine rings is 1. The minimum Gasteiger partial charge on any atom is -0.423 e. The molecule has 20 heavy (non-hydrogen) atoms. The second-order valence-electron chi connectivity index (χ2n) is 6.14. The van der Waals surface area contributed by atoms with Gasteiger partial charge < -0.3 is 19.4 Å². The quantitative estimate of drug-likeness (QED) is 0.616. The Morgan fingerprint density at radius 2 is 2.05 bits per heavy atom. The molecule has 2 aromatic rings. The van der Waals surface area contributed by atoms with Gasteiger partial charge in [0.25, 0.3) is 0 Å². The van der Waals surface area contributed by atoms with Crippen molar-refractivity contribution in [2.75, 3.05) is 6.61 Å². The third-order valence-corrected chi connectivity index (χ3v) is 4.91. The van der Waals surface area contributed by atoms with E-state index in [1.54, 1.807) is 12.3 Å². The molecule has 0 fully saturated rings. The summed E-state index contributed by atoms with van der Waals surface area (Å²) in [6.07, 6.45) is 3.44. The number of rotatable bonds is 6. The second-order valence-corrected chi connectivity index (χ2v) is 11.8. The van der Waals surface area contributed by atoms with Crippen LogP contribution in [0.15, 0.2) is 24.5 Å². The zero-order valence-corrected chi connectivity index (χ0v) is 13.2. The van der Waals surface area contributed by atoms with Crippen molar-refractivity contribution in [3.63, 3.8) is 0 Å². The van der Waals surface area contributed by atoms with Gasteiger partial charge in [-0.2, -0.15) is 0 Å². The molecule has 7 heteroatoms. The van der Waals surface area contributed by atoms with Crippen LogP contribution < -0.4 is 5.46 Å². The average molecular weight is 292 g/mol. The van der Waals surface area contributed by atoms with E-state index < -0.39 is 15.2 Å². The summed E-state index contributed by atoms with van der Waals surface area (Å²) in [6, 6.07) is 4.57. The first-order chi connectivity index (χ1) is 9.38. The molecule has 108 valence electrons. The van der Waals surface area contributed by atoms with Crippen LogP contribution >= 0.6 is 0 Å². The molecule has 0 atom stereocenters. The first-order valence-electron chi connectivity index (χ1n) is 6.76. The van der Waals surface area contributed by atoms with Crippen molar-refractivity contribution in [3.05, 3.63) is 24.5 Å². The highest BCUT2D eigenvalue weighted by Gasteiger charge is 2.17. The molecule has 0 spiro atoms. The molecule has 0 bridgehead atoms. The molecule has 0 saturated carbocycles. The monoisotopic (exact) mass is 292 g/mol. The molecule has 2 rings (SSSR count). The maximum absolute atomic E-state index is 9.33. The topological polar surface area (TPSA) is 67.5 Å². The van der Waals surface area contributed by atoms with Crippen LogP contribution in [0.5, 0.6) is 0 Å². The highest BCUT2D eigenvalue weighted by Crippen LogP contribution is 2.12. The lowest BCUT2D eigenvalue weighted by Crippen LogP contribution is -2.30. The maximum atomic E-state index is 9.33. The van der Waals surface area contributed by atoms with Crippen LogP contribution in [0.25, 0.3) is 11.0 Å². The molecule has 0 aliphatic heterocycles. The van der Waals surface area contributed by atoms with Gasteiger partial charge in [-0.25, -0.2) is 4.98 Å². The molecule has 0 saturated heterocycles. The van der Waals surface area contributed by atoms with Crippen molar-refractivity contribution in [3.8, 4) is 0 Å². The summed E-state index contributed by atoms with van der Waals surface area (Å²) in [5.41, 5.74) is 1.18. The van der Waals surface area contributed by atoms with Crippen LogP contribution in [0, 0.1) is 0 Å². The van der Waals surface area contributed by atoms with E-state index in [0.29, 0.717) is 17.8 Å². The minimum absolute atomic E-state index is 0.436. The van der Waals surface area contributed by atoms with Gasteiger partial charge in [-0.15, -0.1) is 0 Å². The number of hydrogen-bond acceptors (Lipinski definition) is 4. The molecule has 2 N–H and O–H groups in total. The third-order valence-electron chi connectivity index (χ3n) is 3.20. The first kappa shape index (κ1) is 15.2. The molecular formula is C13H21BN2O3Si. The number of nitrogens with zero attached hydrogens (tertiary/aromatic N) is 2. The van der Waals surface area contributed by atoms with Crippen molar-refractivity contribution in [2.24, 2.45) is 0 Å². The Balaban J connectivity index is 2.07. The smallest absolute Gasteiger partial charge is 0.423 e. The van der Waals surface area contributed by atoms with E-state index in [2.05, 4.69) is 24.6 Å². The normalized spacial score (nSPS) is 12.1. The van der Waals surface area contributed by atoms with Gasteiger partial charge >= 0.3 is 7.12 Å². The van der Waals surface area contributed by atoms with Crippen LogP contribution in [-0.2, 0) is 11.5 Å². The van der Waals surface area contributed by atoms with E-state index in [1.165, 1.54) is 0 Å². The predicted molar refractivity (Wildman–Crippen MR) is 83.7 cm³/mol. The van der Waals surface area contributed by atoms with Crippen LogP contribution in [0.3, 0.4) is 0 Å². The number of fused-ring (bicyclic) bond motifs is 1. The number of ether oxygens (including phenoxy) is 1. The van der Waals surface area contributed by atoms with Crippen molar-refractivity contribution in [1.29, 1.82) is 0 Å². The van der Waals surface area contributed by atoms with Gasteiger partial charge in [0.05, 0.1) is 0 Å². The molecule has 0 radical (unpaired) electrons. The maximum Gasteiger partial charge on any atom is 0.489 e. The second kappa shape index (κ2) is 6.09. The van der Waals surface area contributed by atoms with E-state index in [1.807, 2.05) is 16.8 Å². The largest absolute Gasteiger partial charge is 0.489 e. The van der Waals surface area contributed by atoms with Crippen LogP contribution in [-0.4, -0.2) is 41.4 Å². The van der Waals surface area contributed by atoms with E-state index >= 15 is 0 Å². The van der Waals surface area contributed by atoms with Gasteiger partial charge in [0, 0.05) is 32.5 Å². The minimum atomic E-state index is -1.48. The zero-order chi connectivity index (χ0) is 14.8. The fourth-order valence-corrected chi connectivity index (χ4v) is 2.74. The van der Waals surface area contributed by atoms with Crippen molar-refractivity contribution in [2.45, 2.75) is 32.4 Å². The van der Waals surface area contributed by atoms with Gasteiger partial charge in [-0.1, -0.05) is 19.6 Å². The summed E-state index contributed by atoms with van der Waals surface area (Å²) in [7, 11) is -2.56. The Bertz CT molecular complexity index is 580. The molecule has 0 aliphatic rings. The number of hydrogen-bond donors (Lipinski definition) is 2. The SMILES string of the molecule is C[Si](C)(C)CCOCn1ccc2c(B(O)O)ccnc21. The molecule has 0 unspecified atom stereocenters. The summed E-state index contributed by atoms with van der Waals surface area (Å²) in [4.78, 5) is 4.28. The lowest BCUT2D eigenvalue weighted by atomic mass is 9.79. The van der Waals surface area contributed by atoms with Gasteiger partial charge in [0.2, 0.25) is 0 Å². The van der Waals surface area contributed by atoms with Gasteiger partial charge in [-0.3, -0.25) is 0 Å². The van der Waals surface area contributed by atoms with Gasteiger partial charge in [0.1, 0.15) is 12.4 Å². The van der Waals surface area contributed by atoms with Crippen molar-refractivity contribution < 1.29 is 14.8 Å². The molecule has 0 amide bonds. The van der Waals surface area contributed by atoms with Crippen LogP contribution in [0.1, 0.15) is 0 Å². The lowest BCUT2D eigenvalue weighted by Gasteiger charge is -2.15. The molecule has 0 aliphatic carbocycles. The van der Waals surface area contributed by atoms with E-state index in [4.69, 9.17) is 4.74 Å². The van der Waals surface area contributed by atoms with Crippen molar-refractivity contribution in [1.82, 2.24) is 9.55 Å². The van der Waals surface area contributed by atoms with E-state index in [0.717, 1.165) is 18.0 Å². The Hall–Kier alpha value is -1.15. The fourth-order valence-electron chi connectivity index (χ4n) is 1.98. The molecule has 2 aromatic heterocycles. The van der Waals surface area contributed by atoms with Gasteiger partial charge in [-0.05, 0) is 23.6 Å². The Labute approximate surface area is 120 Å². The molecular weight excluding hydrogens is 271 g/mol. The molecule has 2 heterocycles. The van der Waals surface area contributed by atoms with E-state index in [9.17, 15) is 10.0 Å². The zero-order valence-electron chi connectivity index (χ0n) is 12.2. The highest BCUT2D eigenvalue weighted by atomic mass is 28.3. The highest BCUT2D eigenvalue weighted by molar-refractivity contribution is 6.76. The first-order valence-corrected chi connectivity index (χ1v) is 10.5. The van der Waals surface area contributed by atoms with E-state index in [-0.39, 0.29) is 0 Å². The van der Waals surface area contributed by atoms with Crippen LogP contribution in [0.4, 0.5) is 0 Å². The fraction of sp³-hybridized carbons (Fsp3) is 0.462. The summed E-state index contributed by atoms with van der Waals surface area (Å²) >= 11 is 0. The third kappa shape index (κ3) is 3.70. The Morgan fingerprint density at radius 3 is 2.70 bits per heavy atom. The number of aromatic nitrogens is 2. The van der Waals surface area contributed by atoms with Crippen molar-refractivity contribution >= 4 is 31.7 Å². The summed E-state index contributed by atoms with van der Waals surface area (Å²) in [5.74, 6) is 0. The standard InChI is InChI=1S/C13H21BN2O3Si/c1-20(2,3)9-8-19-10-16-7-5-11-12(14(17)18)4-6-15-13(11)16/h4-7,17-18H,8-10H2,1-3H3. The van der Waals surface area contributed by atoms with Crippen LogP contribution in [0.2, 0.25) is 25.7 Å². The molecule has 0 aromatic carbocycles. The summed E-state index contributed by atoms with van der Waals surface area (Å²) in [6.45, 7) is 8.14.